The number of fused-ring (bicyclic) bond motifs is 3. The minimum atomic E-state index is -5.17. The Balaban J connectivity index is 1.32. The molecule has 4 aliphatic carbocycles. The Bertz CT molecular complexity index is 3150. The Labute approximate surface area is 616 Å². The van der Waals surface area contributed by atoms with Crippen LogP contribution in [0.4, 0.5) is 22.0 Å². The summed E-state index contributed by atoms with van der Waals surface area (Å²) in [5, 5.41) is 8.58. The molecule has 12 amide bonds. The van der Waals surface area contributed by atoms with Crippen molar-refractivity contribution in [2.75, 3.05) is 95.8 Å². The molecule has 0 aromatic rings. The number of likely N-dealkylation sites (N-methyl/N-ethyl adjacent to an activating group) is 7. The summed E-state index contributed by atoms with van der Waals surface area (Å²) < 4.78 is 78.3. The van der Waals surface area contributed by atoms with Crippen LogP contribution in [0.5, 0.6) is 0 Å². The van der Waals surface area contributed by atoms with E-state index in [1.807, 2.05) is 19.9 Å². The fourth-order valence-corrected chi connectivity index (χ4v) is 17.4. The molecule has 25 nitrogen and oxygen atoms in total. The molecule has 7 aliphatic rings. The van der Waals surface area contributed by atoms with Gasteiger partial charge in [-0.05, 0) is 125 Å². The first-order valence-electron chi connectivity index (χ1n) is 38.0. The van der Waals surface area contributed by atoms with Crippen LogP contribution in [0.25, 0.3) is 0 Å². The third-order valence-corrected chi connectivity index (χ3v) is 24.0. The summed E-state index contributed by atoms with van der Waals surface area (Å²) in [5.74, 6) is -13.5. The smallest absolute Gasteiger partial charge is 0.382 e. The molecule has 3 aliphatic heterocycles. The lowest BCUT2D eigenvalue weighted by molar-refractivity contribution is -0.219. The molecule has 105 heavy (non-hydrogen) atoms. The van der Waals surface area contributed by atoms with Crippen molar-refractivity contribution >= 4 is 70.9 Å². The molecule has 2 saturated heterocycles. The van der Waals surface area contributed by atoms with Crippen molar-refractivity contribution in [3.8, 4) is 0 Å². The number of rotatable bonds is 12. The molecular formula is C75H119F5N12O13. The molecule has 0 aromatic heterocycles. The molecule has 3 heterocycles. The average Bonchev–Trinajstić information content (AvgIpc) is 1.36. The number of alkyl halides is 5. The number of hydrogen-bond acceptors (Lipinski definition) is 13. The fourth-order valence-electron chi connectivity index (χ4n) is 17.4. The maximum Gasteiger partial charge on any atom is 0.397 e. The largest absolute Gasteiger partial charge is 0.397 e. The molecule has 1 spiro atoms. The Morgan fingerprint density at radius 3 is 1.88 bits per heavy atom. The summed E-state index contributed by atoms with van der Waals surface area (Å²) >= 11 is 0. The predicted octanol–water partition coefficient (Wildman–Crippen LogP) is 5.67. The standard InChI is InChI=1S/C75H119F5N12O13/c1-16-46(5)62-70(102)86(10)40-60(95)87(11)53-25-19-18-22-32-91(69(53)101)56(36-47-28-26-44(3)27-29-47)68(100)85(9)39-58(93)81-52(31-30-48-34-50(76)61(51(77)35-48)75(78,79)80)66(98)92-38-45(4)33-54(92)65(97)83-74(42-73(6,7)43-74)72(104)90(14)63(49-23-20-21-24-49)71(103)89(13)55(67(99)84(8)17-2)37-59(94)88(12)57(41-105-15)64(96)82-62/h18-19,44-57,61-63H,16-17,20-43H2,1-15H3,(H,81,93)(H,82,96)(H,83,97)/b19-18-/t44?,45-,46-,47?,48?,50?,51?,52-,53-,54-,55-,56-,57-,61?,62-,63-/m0/s1. The first kappa shape index (κ1) is 85.2. The summed E-state index contributed by atoms with van der Waals surface area (Å²) in [4.78, 5) is 192. The van der Waals surface area contributed by atoms with Crippen LogP contribution < -0.4 is 16.0 Å². The van der Waals surface area contributed by atoms with Gasteiger partial charge < -0.3 is 64.8 Å². The number of nitrogens with one attached hydrogen (secondary N) is 3. The van der Waals surface area contributed by atoms with Gasteiger partial charge in [-0.3, -0.25) is 57.5 Å². The molecule has 4 saturated carbocycles. The zero-order valence-corrected chi connectivity index (χ0v) is 64.6. The Hall–Kier alpha value is -7.01. The van der Waals surface area contributed by atoms with Crippen molar-refractivity contribution in [3.05, 3.63) is 12.2 Å². The van der Waals surface area contributed by atoms with Gasteiger partial charge in [-0.15, -0.1) is 0 Å². The normalized spacial score (nSPS) is 32.8. The predicted molar refractivity (Wildman–Crippen MR) is 381 cm³/mol. The summed E-state index contributed by atoms with van der Waals surface area (Å²) in [5.41, 5.74) is -2.23. The van der Waals surface area contributed by atoms with Gasteiger partial charge in [0.25, 0.3) is 0 Å². The van der Waals surface area contributed by atoms with E-state index >= 15 is 37.5 Å². The quantitative estimate of drug-likeness (QED) is 0.157. The summed E-state index contributed by atoms with van der Waals surface area (Å²) in [7, 11) is 11.1. The van der Waals surface area contributed by atoms with Crippen LogP contribution in [0.1, 0.15) is 177 Å². The van der Waals surface area contributed by atoms with Gasteiger partial charge in [0.1, 0.15) is 72.1 Å². The van der Waals surface area contributed by atoms with E-state index in [1.165, 1.54) is 80.9 Å². The Kier molecular flexibility index (Phi) is 29.4. The number of ether oxygens (including phenoxy) is 1. The second kappa shape index (κ2) is 36.3. The van der Waals surface area contributed by atoms with Crippen molar-refractivity contribution in [3.63, 3.8) is 0 Å². The summed E-state index contributed by atoms with van der Waals surface area (Å²) in [6.07, 6.45) is -2.83. The van der Waals surface area contributed by atoms with Gasteiger partial charge in [0.05, 0.1) is 26.1 Å². The zero-order valence-electron chi connectivity index (χ0n) is 64.6. The number of amides is 12. The molecule has 7 rings (SSSR count). The Morgan fingerprint density at radius 1 is 0.676 bits per heavy atom. The minimum absolute atomic E-state index is 0.00971. The van der Waals surface area contributed by atoms with Crippen molar-refractivity contribution in [2.24, 2.45) is 46.8 Å². The lowest BCUT2D eigenvalue weighted by Crippen LogP contribution is -2.71. The maximum absolute atomic E-state index is 15.7. The van der Waals surface area contributed by atoms with Crippen LogP contribution in [-0.4, -0.2) is 283 Å². The second-order valence-electron chi connectivity index (χ2n) is 32.7. The van der Waals surface area contributed by atoms with Gasteiger partial charge in [-0.2, -0.15) is 13.2 Å². The van der Waals surface area contributed by atoms with Crippen molar-refractivity contribution in [1.29, 1.82) is 0 Å². The van der Waals surface area contributed by atoms with E-state index in [0.29, 0.717) is 44.4 Å². The lowest BCUT2D eigenvalue weighted by Gasteiger charge is -2.54. The molecule has 2 unspecified atom stereocenters. The third kappa shape index (κ3) is 20.4. The highest BCUT2D eigenvalue weighted by Gasteiger charge is 2.60. The average molecular weight is 1490 g/mol. The SMILES string of the molecule is CC[C@H](C)[C@@H]1NC(=O)[C@H](COC)N(C)C(=O)C[C@@H](C(=O)N(C)CC)N(C)C(=O)[C@H](C2CCCC2)N(C)C(=O)C2(CC(C)(C)C2)NC(=O)[C@@H]2C[C@H](C)CN2C(=O)[C@H](CCC2CC(F)C(C(F)(F)F)C(F)C2)NC(=O)CN(C)C(=O)[C@H](CC2CCC(C)CC2)N2CC/C=C\C[C@@H](C2=O)N(C)C(=O)CN(C)C1=O. The molecule has 592 valence electrons. The molecule has 0 aromatic carbocycles. The van der Waals surface area contributed by atoms with Gasteiger partial charge >= 0.3 is 6.18 Å². The van der Waals surface area contributed by atoms with E-state index in [0.717, 1.165) is 45.3 Å². The number of halogens is 5. The summed E-state index contributed by atoms with van der Waals surface area (Å²) in [6, 6.07) is -10.7. The monoisotopic (exact) mass is 1490 g/mol. The highest BCUT2D eigenvalue weighted by molar-refractivity contribution is 6.01. The number of carbonyl (C=O) groups is 12. The van der Waals surface area contributed by atoms with Gasteiger partial charge in [-0.1, -0.05) is 98.6 Å². The van der Waals surface area contributed by atoms with E-state index in [2.05, 4.69) is 22.9 Å². The van der Waals surface area contributed by atoms with Crippen LogP contribution in [0.2, 0.25) is 0 Å². The third-order valence-electron chi connectivity index (χ3n) is 24.0. The van der Waals surface area contributed by atoms with E-state index in [4.69, 9.17) is 4.74 Å². The van der Waals surface area contributed by atoms with Crippen LogP contribution in [0.3, 0.4) is 0 Å². The molecule has 12 atom stereocenters. The topological polar surface area (TPSA) is 279 Å². The second-order valence-corrected chi connectivity index (χ2v) is 32.7. The fraction of sp³-hybridized carbons (Fsp3) is 0.813. The number of nitrogens with zero attached hydrogens (tertiary/aromatic N) is 9. The molecule has 2 bridgehead atoms. The minimum Gasteiger partial charge on any atom is -0.382 e. The van der Waals surface area contributed by atoms with Crippen LogP contribution in [0.15, 0.2) is 12.2 Å². The Morgan fingerprint density at radius 2 is 1.30 bits per heavy atom. The molecule has 0 radical (unpaired) electrons. The number of carbonyl (C=O) groups excluding carboxylic acids is 12. The highest BCUT2D eigenvalue weighted by atomic mass is 19.4. The van der Waals surface area contributed by atoms with Gasteiger partial charge in [0.15, 0.2) is 0 Å². The molecule has 6 fully saturated rings. The van der Waals surface area contributed by atoms with Crippen molar-refractivity contribution in [2.45, 2.75) is 249 Å². The maximum atomic E-state index is 15.7. The number of hydrogen-bond donors (Lipinski definition) is 3. The number of methoxy groups -OCH3 is 1. The van der Waals surface area contributed by atoms with Crippen LogP contribution in [0, 0.1) is 46.8 Å². The molecular weight excluding hydrogens is 1370 g/mol. The lowest BCUT2D eigenvalue weighted by atomic mass is 9.58. The van der Waals surface area contributed by atoms with Crippen molar-refractivity contribution in [1.82, 2.24) is 60.0 Å². The zero-order chi connectivity index (χ0) is 78.1. The van der Waals surface area contributed by atoms with E-state index in [-0.39, 0.29) is 83.0 Å². The van der Waals surface area contributed by atoms with Gasteiger partial charge in [0, 0.05) is 76.1 Å². The molecule has 30 heteroatoms. The summed E-state index contributed by atoms with van der Waals surface area (Å²) in [6.45, 7) is 11.4. The van der Waals surface area contributed by atoms with E-state index < -0.39 is 205 Å². The van der Waals surface area contributed by atoms with Crippen LogP contribution in [-0.2, 0) is 62.3 Å². The van der Waals surface area contributed by atoms with E-state index in [1.54, 1.807) is 33.8 Å². The van der Waals surface area contributed by atoms with Gasteiger partial charge in [-0.25, -0.2) is 8.78 Å². The van der Waals surface area contributed by atoms with Crippen molar-refractivity contribution < 1.29 is 84.2 Å². The first-order chi connectivity index (χ1) is 49.2. The first-order valence-corrected chi connectivity index (χ1v) is 38.0. The van der Waals surface area contributed by atoms with Crippen LogP contribution >= 0.6 is 0 Å². The van der Waals surface area contributed by atoms with Gasteiger partial charge in [0.2, 0.25) is 70.9 Å². The molecule has 3 N–H and O–H groups in total. The van der Waals surface area contributed by atoms with E-state index in [9.17, 15) is 41.9 Å². The highest BCUT2D eigenvalue weighted by Crippen LogP contribution is 2.50.